The van der Waals surface area contributed by atoms with E-state index >= 15 is 0 Å². The van der Waals surface area contributed by atoms with E-state index in [2.05, 4.69) is 17.1 Å². The number of carbonyl (C=O) groups excluding carboxylic acids is 1. The number of nitrogens with zero attached hydrogens (tertiary/aromatic N) is 1. The quantitative estimate of drug-likeness (QED) is 0.683. The lowest BCUT2D eigenvalue weighted by Gasteiger charge is -2.33. The number of rotatable bonds is 7. The van der Waals surface area contributed by atoms with Crippen molar-refractivity contribution in [3.8, 4) is 0 Å². The minimum Gasteiger partial charge on any atom is -0.384 e. The van der Waals surface area contributed by atoms with Crippen LogP contribution in [0.5, 0.6) is 0 Å². The van der Waals surface area contributed by atoms with Crippen LogP contribution in [0.4, 0.5) is 0 Å². The monoisotopic (exact) mass is 257 g/mol. The molecule has 0 radical (unpaired) electrons. The maximum Gasteiger partial charge on any atom is 0.237 e. The number of likely N-dealkylation sites (tertiary alicyclic amines) is 1. The Bertz CT molecular complexity index is 285. The summed E-state index contributed by atoms with van der Waals surface area (Å²) in [6, 6.07) is 0.344. The molecule has 1 heterocycles. The average Bonchev–Trinajstić information content (AvgIpc) is 2.77. The Balaban J connectivity index is 2.51. The molecule has 0 bridgehead atoms. The molecule has 3 N–H and O–H groups in total. The van der Waals surface area contributed by atoms with Gasteiger partial charge in [-0.1, -0.05) is 0 Å². The van der Waals surface area contributed by atoms with Gasteiger partial charge in [0, 0.05) is 19.7 Å². The Morgan fingerprint density at radius 2 is 2.33 bits per heavy atom. The molecule has 1 aliphatic heterocycles. The summed E-state index contributed by atoms with van der Waals surface area (Å²) in [5.74, 6) is 0.330. The fourth-order valence-corrected chi connectivity index (χ4v) is 2.68. The lowest BCUT2D eigenvalue weighted by Crippen LogP contribution is -2.54. The van der Waals surface area contributed by atoms with E-state index in [-0.39, 0.29) is 5.91 Å². The normalized spacial score (nSPS) is 25.9. The fourth-order valence-electron chi connectivity index (χ4n) is 2.68. The summed E-state index contributed by atoms with van der Waals surface area (Å²) in [6.07, 6.45) is 1.91. The lowest BCUT2D eigenvalue weighted by molar-refractivity contribution is -0.124. The summed E-state index contributed by atoms with van der Waals surface area (Å²) >= 11 is 0. The number of ether oxygens (including phenoxy) is 1. The molecule has 5 nitrogen and oxygen atoms in total. The van der Waals surface area contributed by atoms with Gasteiger partial charge in [0.25, 0.3) is 0 Å². The summed E-state index contributed by atoms with van der Waals surface area (Å²) in [4.78, 5) is 13.9. The fraction of sp³-hybridized carbons (Fsp3) is 0.923. The molecule has 0 aliphatic carbocycles. The first kappa shape index (κ1) is 15.4. The van der Waals surface area contributed by atoms with E-state index in [9.17, 15) is 4.79 Å². The third kappa shape index (κ3) is 3.67. The van der Waals surface area contributed by atoms with Crippen LogP contribution in [0.2, 0.25) is 0 Å². The zero-order valence-corrected chi connectivity index (χ0v) is 12.0. The highest BCUT2D eigenvalue weighted by Gasteiger charge is 2.34. The Kier molecular flexibility index (Phi) is 5.56. The van der Waals surface area contributed by atoms with Gasteiger partial charge in [-0.15, -0.1) is 0 Å². The number of hydrogen-bond donors (Lipinski definition) is 2. The molecule has 0 saturated carbocycles. The van der Waals surface area contributed by atoms with Gasteiger partial charge in [0.05, 0.1) is 12.1 Å². The van der Waals surface area contributed by atoms with Crippen LogP contribution in [0.1, 0.15) is 26.7 Å². The molecule has 0 aromatic heterocycles. The highest BCUT2D eigenvalue weighted by atomic mass is 16.5. The number of nitrogens with one attached hydrogen (secondary N) is 1. The van der Waals surface area contributed by atoms with Crippen molar-refractivity contribution < 1.29 is 9.53 Å². The van der Waals surface area contributed by atoms with E-state index < -0.39 is 5.54 Å². The van der Waals surface area contributed by atoms with E-state index in [1.165, 1.54) is 6.42 Å². The molecule has 0 aromatic carbocycles. The van der Waals surface area contributed by atoms with Gasteiger partial charge in [-0.05, 0) is 46.2 Å². The number of hydrogen-bond acceptors (Lipinski definition) is 4. The summed E-state index contributed by atoms with van der Waals surface area (Å²) in [5, 5.41) is 3.04. The molecule has 1 saturated heterocycles. The molecule has 18 heavy (non-hydrogen) atoms. The van der Waals surface area contributed by atoms with E-state index in [1.807, 2.05) is 6.92 Å². The maximum atomic E-state index is 11.5. The van der Waals surface area contributed by atoms with Gasteiger partial charge in [0.15, 0.2) is 0 Å². The van der Waals surface area contributed by atoms with Crippen molar-refractivity contribution in [1.29, 1.82) is 0 Å². The van der Waals surface area contributed by atoms with Crippen LogP contribution in [0, 0.1) is 5.92 Å². The van der Waals surface area contributed by atoms with E-state index in [0.717, 1.165) is 26.1 Å². The molecule has 1 fully saturated rings. The van der Waals surface area contributed by atoms with Crippen molar-refractivity contribution in [1.82, 2.24) is 10.2 Å². The van der Waals surface area contributed by atoms with Crippen molar-refractivity contribution in [2.75, 3.05) is 33.9 Å². The number of primary amides is 1. The number of nitrogens with two attached hydrogens (primary N) is 1. The number of carbonyl (C=O) groups is 1. The average molecular weight is 257 g/mol. The number of amides is 1. The molecule has 1 amide bonds. The second-order valence-corrected chi connectivity index (χ2v) is 5.60. The minimum absolute atomic E-state index is 0.288. The van der Waals surface area contributed by atoms with Crippen LogP contribution in [-0.2, 0) is 9.53 Å². The van der Waals surface area contributed by atoms with E-state index in [0.29, 0.717) is 12.0 Å². The van der Waals surface area contributed by atoms with Gasteiger partial charge >= 0.3 is 0 Å². The number of methoxy groups -OCH3 is 1. The van der Waals surface area contributed by atoms with E-state index in [1.54, 1.807) is 14.2 Å². The second-order valence-electron chi connectivity index (χ2n) is 5.60. The van der Waals surface area contributed by atoms with Gasteiger partial charge in [0.1, 0.15) is 0 Å². The first-order chi connectivity index (χ1) is 8.42. The highest BCUT2D eigenvalue weighted by molar-refractivity contribution is 5.84. The standard InChI is InChI=1S/C13H27N3O2/c1-10(7-13(2,15-3)12(14)17)16-6-5-11(8-16)9-18-4/h10-11,15H,5-9H2,1-4H3,(H2,14,17). The lowest BCUT2D eigenvalue weighted by atomic mass is 9.92. The molecule has 0 spiro atoms. The SMILES string of the molecule is CNC(C)(CC(C)N1CCC(COC)C1)C(N)=O. The number of likely N-dealkylation sites (N-methyl/N-ethyl adjacent to an activating group) is 1. The van der Waals surface area contributed by atoms with Crippen molar-refractivity contribution in [3.63, 3.8) is 0 Å². The zero-order chi connectivity index (χ0) is 13.8. The third-order valence-electron chi connectivity index (χ3n) is 4.14. The summed E-state index contributed by atoms with van der Waals surface area (Å²) in [5.41, 5.74) is 4.84. The van der Waals surface area contributed by atoms with Crippen LogP contribution >= 0.6 is 0 Å². The molecule has 5 heteroatoms. The third-order valence-corrected chi connectivity index (χ3v) is 4.14. The van der Waals surface area contributed by atoms with Crippen LogP contribution in [0.3, 0.4) is 0 Å². The van der Waals surface area contributed by atoms with Gasteiger partial charge < -0.3 is 20.7 Å². The van der Waals surface area contributed by atoms with Crippen LogP contribution in [-0.4, -0.2) is 56.2 Å². The van der Waals surface area contributed by atoms with Gasteiger partial charge in [-0.2, -0.15) is 0 Å². The maximum absolute atomic E-state index is 11.5. The Morgan fingerprint density at radius 1 is 1.67 bits per heavy atom. The van der Waals surface area contributed by atoms with Crippen LogP contribution in [0.25, 0.3) is 0 Å². The summed E-state index contributed by atoms with van der Waals surface area (Å²) in [6.45, 7) is 6.98. The predicted molar refractivity (Wildman–Crippen MR) is 72.3 cm³/mol. The van der Waals surface area contributed by atoms with Crippen LogP contribution in [0.15, 0.2) is 0 Å². The summed E-state index contributed by atoms with van der Waals surface area (Å²) < 4.78 is 5.20. The van der Waals surface area contributed by atoms with Crippen LogP contribution < -0.4 is 11.1 Å². The Hall–Kier alpha value is -0.650. The molecule has 106 valence electrons. The van der Waals surface area contributed by atoms with Gasteiger partial charge in [-0.3, -0.25) is 4.79 Å². The van der Waals surface area contributed by atoms with Gasteiger partial charge in [-0.25, -0.2) is 0 Å². The van der Waals surface area contributed by atoms with Crippen molar-refractivity contribution in [2.45, 2.75) is 38.3 Å². The Morgan fingerprint density at radius 3 is 2.83 bits per heavy atom. The summed E-state index contributed by atoms with van der Waals surface area (Å²) in [7, 11) is 3.53. The molecule has 3 atom stereocenters. The van der Waals surface area contributed by atoms with E-state index in [4.69, 9.17) is 10.5 Å². The predicted octanol–water partition coefficient (Wildman–Crippen LogP) is 0.197. The van der Waals surface area contributed by atoms with Crippen molar-refractivity contribution in [3.05, 3.63) is 0 Å². The topological polar surface area (TPSA) is 67.6 Å². The van der Waals surface area contributed by atoms with Crippen molar-refractivity contribution in [2.24, 2.45) is 11.7 Å². The molecule has 0 aromatic rings. The Labute approximate surface area is 110 Å². The molecule has 3 unspecified atom stereocenters. The van der Waals surface area contributed by atoms with Crippen molar-refractivity contribution >= 4 is 5.91 Å². The first-order valence-corrected chi connectivity index (χ1v) is 6.64. The smallest absolute Gasteiger partial charge is 0.237 e. The zero-order valence-electron chi connectivity index (χ0n) is 12.0. The molecule has 1 rings (SSSR count). The second kappa shape index (κ2) is 6.50. The minimum atomic E-state index is -0.626. The highest BCUT2D eigenvalue weighted by Crippen LogP contribution is 2.23. The molecular formula is C13H27N3O2. The largest absolute Gasteiger partial charge is 0.384 e. The first-order valence-electron chi connectivity index (χ1n) is 6.64. The molecular weight excluding hydrogens is 230 g/mol. The van der Waals surface area contributed by atoms with Gasteiger partial charge in [0.2, 0.25) is 5.91 Å². The molecule has 1 aliphatic rings.